The number of carbonyl (C=O) groups excluding carboxylic acids is 1. The molecule has 1 saturated carbocycles. The molecule has 1 amide bonds. The molecule has 0 saturated heterocycles. The van der Waals surface area contributed by atoms with E-state index in [1.54, 1.807) is 10.9 Å². The molecule has 0 aliphatic heterocycles. The highest BCUT2D eigenvalue weighted by Crippen LogP contribution is 2.42. The van der Waals surface area contributed by atoms with E-state index >= 15 is 0 Å². The first kappa shape index (κ1) is 18.9. The summed E-state index contributed by atoms with van der Waals surface area (Å²) < 4.78 is 42.5. The molecular weight excluding hydrogens is 415 g/mol. The molecule has 0 unspecified atom stereocenters. The quantitative estimate of drug-likeness (QED) is 0.726. The minimum Gasteiger partial charge on any atom is -0.350 e. The van der Waals surface area contributed by atoms with Gasteiger partial charge >= 0.3 is 6.18 Å². The number of aromatic nitrogens is 4. The number of alkyl halides is 3. The van der Waals surface area contributed by atoms with Gasteiger partial charge in [-0.05, 0) is 41.8 Å². The fraction of sp³-hybridized carbons (Fsp3) is 0.562. The average Bonchev–Trinajstić information content (AvgIpc) is 3.22. The molecule has 0 radical (unpaired) electrons. The molecule has 1 aliphatic rings. The third-order valence-corrected chi connectivity index (χ3v) is 4.96. The molecule has 26 heavy (non-hydrogen) atoms. The van der Waals surface area contributed by atoms with Crippen LogP contribution in [0.3, 0.4) is 0 Å². The van der Waals surface area contributed by atoms with Gasteiger partial charge < -0.3 is 5.32 Å². The van der Waals surface area contributed by atoms with Crippen LogP contribution >= 0.6 is 15.9 Å². The summed E-state index contributed by atoms with van der Waals surface area (Å²) in [5, 5.41) is 10.6. The highest BCUT2D eigenvalue weighted by molar-refractivity contribution is 9.10. The molecular formula is C16H19BrF3N5O. The summed E-state index contributed by atoms with van der Waals surface area (Å²) >= 11 is 3.38. The summed E-state index contributed by atoms with van der Waals surface area (Å²) in [6.45, 7) is 3.05. The van der Waals surface area contributed by atoms with E-state index < -0.39 is 11.9 Å². The number of aryl methyl sites for hydroxylation is 2. The molecule has 0 atom stereocenters. The summed E-state index contributed by atoms with van der Waals surface area (Å²) in [5.41, 5.74) is 0.519. The first-order valence-corrected chi connectivity index (χ1v) is 9.20. The van der Waals surface area contributed by atoms with Crippen LogP contribution in [-0.2, 0) is 30.6 Å². The van der Waals surface area contributed by atoms with Crippen LogP contribution in [-0.4, -0.2) is 25.5 Å². The Bertz CT molecular complexity index is 794. The maximum atomic E-state index is 12.9. The standard InChI is InChI=1S/C16H19BrF3N5O/c1-2-24-13(11(17)8-22-24)9-21-15(26)5-6-25-12(10-3-4-10)7-14(23-25)16(18,19)20/h7-8,10H,2-6,9H2,1H3,(H,21,26). The van der Waals surface area contributed by atoms with Gasteiger partial charge in [0, 0.05) is 31.1 Å². The van der Waals surface area contributed by atoms with E-state index in [4.69, 9.17) is 0 Å². The van der Waals surface area contributed by atoms with Gasteiger partial charge in [-0.3, -0.25) is 14.2 Å². The van der Waals surface area contributed by atoms with Crippen LogP contribution < -0.4 is 5.32 Å². The number of carbonyl (C=O) groups is 1. The van der Waals surface area contributed by atoms with Gasteiger partial charge in [0.1, 0.15) is 0 Å². The number of amides is 1. The molecule has 0 spiro atoms. The Labute approximate surface area is 156 Å². The molecule has 1 fully saturated rings. The van der Waals surface area contributed by atoms with E-state index in [-0.39, 0.29) is 24.8 Å². The average molecular weight is 434 g/mol. The predicted octanol–water partition coefficient (Wildman–Crippen LogP) is 3.46. The zero-order chi connectivity index (χ0) is 18.9. The van der Waals surface area contributed by atoms with Gasteiger partial charge in [-0.2, -0.15) is 23.4 Å². The SMILES string of the molecule is CCn1ncc(Br)c1CNC(=O)CCn1nc(C(F)(F)F)cc1C1CC1. The Morgan fingerprint density at radius 2 is 2.12 bits per heavy atom. The van der Waals surface area contributed by atoms with Crippen LogP contribution in [0.2, 0.25) is 0 Å². The number of rotatable bonds is 7. The van der Waals surface area contributed by atoms with Crippen LogP contribution in [0.25, 0.3) is 0 Å². The van der Waals surface area contributed by atoms with Gasteiger partial charge in [0.15, 0.2) is 5.69 Å². The molecule has 0 aromatic carbocycles. The van der Waals surface area contributed by atoms with E-state index in [1.165, 1.54) is 4.68 Å². The van der Waals surface area contributed by atoms with E-state index in [9.17, 15) is 18.0 Å². The van der Waals surface area contributed by atoms with E-state index in [0.717, 1.165) is 29.1 Å². The molecule has 2 heterocycles. The summed E-state index contributed by atoms with van der Waals surface area (Å²) in [6, 6.07) is 1.10. The molecule has 2 aromatic heterocycles. The number of hydrogen-bond donors (Lipinski definition) is 1. The van der Waals surface area contributed by atoms with Crippen molar-refractivity contribution in [3.63, 3.8) is 0 Å². The van der Waals surface area contributed by atoms with Crippen molar-refractivity contribution in [1.29, 1.82) is 0 Å². The van der Waals surface area contributed by atoms with Gasteiger partial charge in [-0.1, -0.05) is 0 Å². The van der Waals surface area contributed by atoms with Crippen molar-refractivity contribution in [2.24, 2.45) is 0 Å². The summed E-state index contributed by atoms with van der Waals surface area (Å²) in [6.07, 6.45) is -1.01. The highest BCUT2D eigenvalue weighted by atomic mass is 79.9. The predicted molar refractivity (Wildman–Crippen MR) is 91.3 cm³/mol. The number of halogens is 4. The molecule has 2 aromatic rings. The van der Waals surface area contributed by atoms with Crippen molar-refractivity contribution >= 4 is 21.8 Å². The van der Waals surface area contributed by atoms with Crippen LogP contribution in [0.15, 0.2) is 16.7 Å². The first-order valence-electron chi connectivity index (χ1n) is 8.41. The van der Waals surface area contributed by atoms with Gasteiger partial charge in [0.2, 0.25) is 5.91 Å². The first-order chi connectivity index (χ1) is 12.3. The van der Waals surface area contributed by atoms with Crippen molar-refractivity contribution in [2.45, 2.75) is 57.9 Å². The number of nitrogens with zero attached hydrogens (tertiary/aromatic N) is 4. The Balaban J connectivity index is 1.59. The summed E-state index contributed by atoms with van der Waals surface area (Å²) in [5.74, 6) is -0.122. The summed E-state index contributed by atoms with van der Waals surface area (Å²) in [4.78, 5) is 12.1. The monoisotopic (exact) mass is 433 g/mol. The van der Waals surface area contributed by atoms with Crippen molar-refractivity contribution in [1.82, 2.24) is 24.9 Å². The fourth-order valence-electron chi connectivity index (χ4n) is 2.77. The number of hydrogen-bond acceptors (Lipinski definition) is 3. The Kier molecular flexibility index (Phi) is 5.40. The Hall–Kier alpha value is -1.84. The van der Waals surface area contributed by atoms with Gasteiger partial charge in [-0.15, -0.1) is 0 Å². The van der Waals surface area contributed by atoms with Gasteiger partial charge in [0.25, 0.3) is 0 Å². The lowest BCUT2D eigenvalue weighted by molar-refractivity contribution is -0.141. The van der Waals surface area contributed by atoms with E-state index in [0.29, 0.717) is 18.8 Å². The molecule has 0 bridgehead atoms. The zero-order valence-electron chi connectivity index (χ0n) is 14.2. The lowest BCUT2D eigenvalue weighted by Gasteiger charge is -2.09. The normalized spacial score (nSPS) is 14.7. The Morgan fingerprint density at radius 1 is 1.38 bits per heavy atom. The lowest BCUT2D eigenvalue weighted by atomic mass is 10.2. The third kappa shape index (κ3) is 4.28. The molecule has 1 N–H and O–H groups in total. The highest BCUT2D eigenvalue weighted by Gasteiger charge is 2.37. The zero-order valence-corrected chi connectivity index (χ0v) is 15.8. The van der Waals surface area contributed by atoms with Crippen LogP contribution in [0.4, 0.5) is 13.2 Å². The van der Waals surface area contributed by atoms with Crippen molar-refractivity contribution in [2.75, 3.05) is 0 Å². The second kappa shape index (κ2) is 7.42. The molecule has 3 rings (SSSR count). The second-order valence-electron chi connectivity index (χ2n) is 6.23. The maximum absolute atomic E-state index is 12.9. The second-order valence-corrected chi connectivity index (χ2v) is 7.09. The van der Waals surface area contributed by atoms with E-state index in [2.05, 4.69) is 31.4 Å². The summed E-state index contributed by atoms with van der Waals surface area (Å²) in [7, 11) is 0. The minimum absolute atomic E-state index is 0.0660. The van der Waals surface area contributed by atoms with Crippen LogP contribution in [0.1, 0.15) is 49.2 Å². The van der Waals surface area contributed by atoms with Crippen molar-refractivity contribution in [3.8, 4) is 0 Å². The molecule has 6 nitrogen and oxygen atoms in total. The smallest absolute Gasteiger partial charge is 0.350 e. The fourth-order valence-corrected chi connectivity index (χ4v) is 3.21. The van der Waals surface area contributed by atoms with Crippen molar-refractivity contribution < 1.29 is 18.0 Å². The topological polar surface area (TPSA) is 64.7 Å². The Morgan fingerprint density at radius 3 is 2.73 bits per heavy atom. The maximum Gasteiger partial charge on any atom is 0.435 e. The molecule has 10 heteroatoms. The van der Waals surface area contributed by atoms with Crippen molar-refractivity contribution in [3.05, 3.63) is 33.8 Å². The van der Waals surface area contributed by atoms with E-state index in [1.807, 2.05) is 6.92 Å². The lowest BCUT2D eigenvalue weighted by Crippen LogP contribution is -2.26. The van der Waals surface area contributed by atoms with Crippen LogP contribution in [0, 0.1) is 0 Å². The minimum atomic E-state index is -4.47. The largest absolute Gasteiger partial charge is 0.435 e. The van der Waals surface area contributed by atoms with Gasteiger partial charge in [-0.25, -0.2) is 0 Å². The molecule has 142 valence electrons. The molecule has 1 aliphatic carbocycles. The third-order valence-electron chi connectivity index (χ3n) is 4.30. The van der Waals surface area contributed by atoms with Crippen LogP contribution in [0.5, 0.6) is 0 Å². The van der Waals surface area contributed by atoms with Gasteiger partial charge in [0.05, 0.1) is 22.9 Å². The number of nitrogens with one attached hydrogen (secondary N) is 1.